The van der Waals surface area contributed by atoms with Gasteiger partial charge in [-0.25, -0.2) is 4.72 Å². The Kier molecular flexibility index (Phi) is 6.04. The van der Waals surface area contributed by atoms with E-state index in [-0.39, 0.29) is 5.41 Å². The van der Waals surface area contributed by atoms with E-state index in [0.29, 0.717) is 26.2 Å². The SMILES string of the molecule is CC(C)(CCCN)CNS(=O)(=O)N1CCCCC1. The van der Waals surface area contributed by atoms with Gasteiger partial charge in [-0.2, -0.15) is 12.7 Å². The molecule has 0 aromatic heterocycles. The molecule has 0 aromatic rings. The molecule has 0 atom stereocenters. The summed E-state index contributed by atoms with van der Waals surface area (Å²) in [5.74, 6) is 0. The van der Waals surface area contributed by atoms with Crippen LogP contribution in [-0.2, 0) is 10.2 Å². The number of nitrogens with zero attached hydrogens (tertiary/aromatic N) is 1. The first-order valence-corrected chi connectivity index (χ1v) is 8.26. The molecule has 0 unspecified atom stereocenters. The molecule has 0 radical (unpaired) electrons. The molecule has 5 nitrogen and oxygen atoms in total. The lowest BCUT2D eigenvalue weighted by Gasteiger charge is -2.29. The highest BCUT2D eigenvalue weighted by molar-refractivity contribution is 7.87. The monoisotopic (exact) mass is 277 g/mol. The van der Waals surface area contributed by atoms with Crippen LogP contribution in [0.2, 0.25) is 0 Å². The van der Waals surface area contributed by atoms with E-state index in [1.54, 1.807) is 4.31 Å². The van der Waals surface area contributed by atoms with Crippen molar-refractivity contribution in [2.75, 3.05) is 26.2 Å². The normalized spacial score (nSPS) is 19.1. The first-order valence-electron chi connectivity index (χ1n) is 6.82. The van der Waals surface area contributed by atoms with Gasteiger partial charge in [0.15, 0.2) is 0 Å². The molecule has 0 amide bonds. The van der Waals surface area contributed by atoms with Gasteiger partial charge in [-0.1, -0.05) is 20.3 Å². The number of nitrogens with one attached hydrogen (secondary N) is 1. The van der Waals surface area contributed by atoms with Crippen molar-refractivity contribution in [1.82, 2.24) is 9.03 Å². The third-order valence-corrected chi connectivity index (χ3v) is 5.00. The van der Waals surface area contributed by atoms with Crippen molar-refractivity contribution in [2.45, 2.75) is 46.0 Å². The molecule has 6 heteroatoms. The van der Waals surface area contributed by atoms with Gasteiger partial charge < -0.3 is 5.73 Å². The third-order valence-electron chi connectivity index (χ3n) is 3.45. The smallest absolute Gasteiger partial charge is 0.279 e. The lowest BCUT2D eigenvalue weighted by Crippen LogP contribution is -2.46. The number of rotatable bonds is 7. The van der Waals surface area contributed by atoms with Gasteiger partial charge in [-0.15, -0.1) is 0 Å². The van der Waals surface area contributed by atoms with Crippen molar-refractivity contribution >= 4 is 10.2 Å². The predicted octanol–water partition coefficient (Wildman–Crippen LogP) is 1.07. The van der Waals surface area contributed by atoms with Crippen molar-refractivity contribution < 1.29 is 8.42 Å². The average molecular weight is 277 g/mol. The molecule has 1 aliphatic heterocycles. The summed E-state index contributed by atoms with van der Waals surface area (Å²) in [4.78, 5) is 0. The second kappa shape index (κ2) is 6.84. The molecule has 0 saturated carbocycles. The third kappa shape index (κ3) is 5.22. The lowest BCUT2D eigenvalue weighted by molar-refractivity contribution is 0.309. The van der Waals surface area contributed by atoms with Crippen molar-refractivity contribution in [3.8, 4) is 0 Å². The van der Waals surface area contributed by atoms with Crippen LogP contribution in [0.3, 0.4) is 0 Å². The summed E-state index contributed by atoms with van der Waals surface area (Å²) in [7, 11) is -3.29. The van der Waals surface area contributed by atoms with Crippen LogP contribution in [0.5, 0.6) is 0 Å². The highest BCUT2D eigenvalue weighted by Crippen LogP contribution is 2.21. The van der Waals surface area contributed by atoms with Crippen LogP contribution in [-0.4, -0.2) is 38.9 Å². The Labute approximate surface area is 111 Å². The summed E-state index contributed by atoms with van der Waals surface area (Å²) in [5.41, 5.74) is 5.45. The largest absolute Gasteiger partial charge is 0.330 e. The summed E-state index contributed by atoms with van der Waals surface area (Å²) >= 11 is 0. The molecule has 1 fully saturated rings. The van der Waals surface area contributed by atoms with Crippen LogP contribution in [0, 0.1) is 5.41 Å². The van der Waals surface area contributed by atoms with Crippen LogP contribution in [0.4, 0.5) is 0 Å². The zero-order chi connectivity index (χ0) is 13.6. The van der Waals surface area contributed by atoms with E-state index in [2.05, 4.69) is 18.6 Å². The van der Waals surface area contributed by atoms with E-state index in [9.17, 15) is 8.42 Å². The maximum Gasteiger partial charge on any atom is 0.279 e. The van der Waals surface area contributed by atoms with Crippen molar-refractivity contribution in [2.24, 2.45) is 11.1 Å². The van der Waals surface area contributed by atoms with Crippen LogP contribution < -0.4 is 10.5 Å². The Morgan fingerprint density at radius 3 is 2.39 bits per heavy atom. The van der Waals surface area contributed by atoms with Crippen molar-refractivity contribution in [3.63, 3.8) is 0 Å². The van der Waals surface area contributed by atoms with Crippen LogP contribution in [0.15, 0.2) is 0 Å². The molecule has 0 bridgehead atoms. The van der Waals surface area contributed by atoms with Crippen LogP contribution in [0.25, 0.3) is 0 Å². The molecule has 3 N–H and O–H groups in total. The molecular weight excluding hydrogens is 250 g/mol. The summed E-state index contributed by atoms with van der Waals surface area (Å²) in [6.45, 7) is 6.58. The Hall–Kier alpha value is -0.170. The maximum atomic E-state index is 12.1. The summed E-state index contributed by atoms with van der Waals surface area (Å²) in [5, 5.41) is 0. The molecule has 0 aromatic carbocycles. The summed E-state index contributed by atoms with van der Waals surface area (Å²) in [6.07, 6.45) is 4.94. The van der Waals surface area contributed by atoms with Gasteiger partial charge in [-0.05, 0) is 37.6 Å². The fourth-order valence-electron chi connectivity index (χ4n) is 2.15. The van der Waals surface area contributed by atoms with Crippen LogP contribution >= 0.6 is 0 Å². The highest BCUT2D eigenvalue weighted by atomic mass is 32.2. The zero-order valence-corrected chi connectivity index (χ0v) is 12.4. The van der Waals surface area contributed by atoms with Gasteiger partial charge in [0.2, 0.25) is 0 Å². The quantitative estimate of drug-likeness (QED) is 0.731. The van der Waals surface area contributed by atoms with E-state index >= 15 is 0 Å². The van der Waals surface area contributed by atoms with Crippen molar-refractivity contribution in [3.05, 3.63) is 0 Å². The number of hydrogen-bond acceptors (Lipinski definition) is 3. The molecule has 1 aliphatic rings. The van der Waals surface area contributed by atoms with E-state index in [1.165, 1.54) is 0 Å². The van der Waals surface area contributed by atoms with E-state index in [1.807, 2.05) is 0 Å². The number of hydrogen-bond donors (Lipinski definition) is 2. The molecule has 1 saturated heterocycles. The van der Waals surface area contributed by atoms with E-state index in [4.69, 9.17) is 5.73 Å². The first kappa shape index (κ1) is 15.9. The van der Waals surface area contributed by atoms with Crippen LogP contribution in [0.1, 0.15) is 46.0 Å². The second-order valence-electron chi connectivity index (χ2n) is 5.84. The van der Waals surface area contributed by atoms with Gasteiger partial charge in [0.05, 0.1) is 0 Å². The lowest BCUT2D eigenvalue weighted by atomic mass is 9.88. The van der Waals surface area contributed by atoms with Gasteiger partial charge in [0.1, 0.15) is 0 Å². The highest BCUT2D eigenvalue weighted by Gasteiger charge is 2.26. The first-order chi connectivity index (χ1) is 8.37. The Balaban J connectivity index is 2.45. The molecule has 1 heterocycles. The number of nitrogens with two attached hydrogens (primary N) is 1. The maximum absolute atomic E-state index is 12.1. The minimum atomic E-state index is -3.29. The molecule has 108 valence electrons. The Morgan fingerprint density at radius 2 is 1.83 bits per heavy atom. The molecular formula is C12H27N3O2S. The predicted molar refractivity (Wildman–Crippen MR) is 74.4 cm³/mol. The zero-order valence-electron chi connectivity index (χ0n) is 11.6. The summed E-state index contributed by atoms with van der Waals surface area (Å²) < 4.78 is 28.5. The second-order valence-corrected chi connectivity index (χ2v) is 7.60. The van der Waals surface area contributed by atoms with E-state index in [0.717, 1.165) is 32.1 Å². The fraction of sp³-hybridized carbons (Fsp3) is 1.00. The van der Waals surface area contributed by atoms with E-state index < -0.39 is 10.2 Å². The molecule has 0 spiro atoms. The summed E-state index contributed by atoms with van der Waals surface area (Å²) in [6, 6.07) is 0. The minimum absolute atomic E-state index is 0.0395. The topological polar surface area (TPSA) is 75.4 Å². The fourth-order valence-corrected chi connectivity index (χ4v) is 3.65. The molecule has 0 aliphatic carbocycles. The average Bonchev–Trinajstić information content (AvgIpc) is 2.36. The van der Waals surface area contributed by atoms with Gasteiger partial charge >= 0.3 is 0 Å². The van der Waals surface area contributed by atoms with Crippen molar-refractivity contribution in [1.29, 1.82) is 0 Å². The minimum Gasteiger partial charge on any atom is -0.330 e. The standard InChI is InChI=1S/C12H27N3O2S/c1-12(2,7-6-8-13)11-14-18(16,17)15-9-4-3-5-10-15/h14H,3-11,13H2,1-2H3. The molecule has 18 heavy (non-hydrogen) atoms. The van der Waals surface area contributed by atoms with Gasteiger partial charge in [-0.3, -0.25) is 0 Å². The van der Waals surface area contributed by atoms with Gasteiger partial charge in [0.25, 0.3) is 10.2 Å². The number of piperidine rings is 1. The Morgan fingerprint density at radius 1 is 1.22 bits per heavy atom. The Bertz CT molecular complexity index is 335. The van der Waals surface area contributed by atoms with Gasteiger partial charge in [0, 0.05) is 19.6 Å². The molecule has 1 rings (SSSR count).